The number of carbonyl (C=O) groups excluding carboxylic acids is 1. The van der Waals surface area contributed by atoms with Crippen molar-refractivity contribution in [3.63, 3.8) is 0 Å². The molecular weight excluding hydrogens is 360 g/mol. The van der Waals surface area contributed by atoms with E-state index in [-0.39, 0.29) is 23.4 Å². The van der Waals surface area contributed by atoms with Gasteiger partial charge >= 0.3 is 0 Å². The van der Waals surface area contributed by atoms with Crippen molar-refractivity contribution in [2.45, 2.75) is 44.6 Å². The Labute approximate surface area is 162 Å². The molecule has 0 heterocycles. The number of nitrogens with zero attached hydrogens (tertiary/aromatic N) is 1. The second kappa shape index (κ2) is 9.15. The Kier molecular flexibility index (Phi) is 7.16. The van der Waals surface area contributed by atoms with Crippen molar-refractivity contribution in [1.82, 2.24) is 9.62 Å². The third kappa shape index (κ3) is 5.91. The standard InChI is InChI=1S/C21H28N2O3S/c1-16-10-11-17(2)20(14-16)27(25,26)23(4)15-21(24)22-18(3)12-13-19-8-6-5-7-9-19/h5-11,14,18H,12-13,15H2,1-4H3,(H,22,24). The van der Waals surface area contributed by atoms with Crippen LogP contribution in [0, 0.1) is 13.8 Å². The number of nitrogens with one attached hydrogen (secondary N) is 1. The minimum atomic E-state index is -3.71. The molecular formula is C21H28N2O3S. The Morgan fingerprint density at radius 2 is 1.78 bits per heavy atom. The summed E-state index contributed by atoms with van der Waals surface area (Å²) in [7, 11) is -2.27. The topological polar surface area (TPSA) is 66.5 Å². The zero-order chi connectivity index (χ0) is 20.0. The van der Waals surface area contributed by atoms with E-state index in [1.54, 1.807) is 19.1 Å². The van der Waals surface area contributed by atoms with Gasteiger partial charge in [0.05, 0.1) is 11.4 Å². The third-order valence-electron chi connectivity index (χ3n) is 4.51. The number of hydrogen-bond donors (Lipinski definition) is 1. The van der Waals surface area contributed by atoms with Gasteiger partial charge in [0.25, 0.3) is 0 Å². The quantitative estimate of drug-likeness (QED) is 0.756. The summed E-state index contributed by atoms with van der Waals surface area (Å²) in [6.45, 7) is 5.33. The van der Waals surface area contributed by atoms with Crippen LogP contribution in [0.4, 0.5) is 0 Å². The van der Waals surface area contributed by atoms with Gasteiger partial charge in [0, 0.05) is 13.1 Å². The Morgan fingerprint density at radius 3 is 2.44 bits per heavy atom. The minimum Gasteiger partial charge on any atom is -0.352 e. The summed E-state index contributed by atoms with van der Waals surface area (Å²) in [6, 6.07) is 15.3. The van der Waals surface area contributed by atoms with Crippen LogP contribution in [0.2, 0.25) is 0 Å². The molecule has 0 aliphatic heterocycles. The Hall–Kier alpha value is -2.18. The van der Waals surface area contributed by atoms with Crippen LogP contribution in [0.1, 0.15) is 30.0 Å². The molecule has 0 radical (unpaired) electrons. The molecule has 0 saturated heterocycles. The van der Waals surface area contributed by atoms with Gasteiger partial charge in [-0.15, -0.1) is 0 Å². The van der Waals surface area contributed by atoms with Gasteiger partial charge in [-0.1, -0.05) is 42.5 Å². The van der Waals surface area contributed by atoms with E-state index >= 15 is 0 Å². The maximum absolute atomic E-state index is 12.8. The SMILES string of the molecule is Cc1ccc(C)c(S(=O)(=O)N(C)CC(=O)NC(C)CCc2ccccc2)c1. The molecule has 1 atom stereocenters. The fourth-order valence-electron chi connectivity index (χ4n) is 2.86. The molecule has 1 N–H and O–H groups in total. The number of sulfonamides is 1. The number of rotatable bonds is 8. The van der Waals surface area contributed by atoms with Crippen LogP contribution in [-0.2, 0) is 21.2 Å². The van der Waals surface area contributed by atoms with Crippen LogP contribution in [0.15, 0.2) is 53.4 Å². The summed E-state index contributed by atoms with van der Waals surface area (Å²) in [4.78, 5) is 12.5. The van der Waals surface area contributed by atoms with Crippen LogP contribution in [0.5, 0.6) is 0 Å². The molecule has 146 valence electrons. The predicted octanol–water partition coefficient (Wildman–Crippen LogP) is 3.06. The fraction of sp³-hybridized carbons (Fsp3) is 0.381. The van der Waals surface area contributed by atoms with Crippen molar-refractivity contribution in [3.05, 3.63) is 65.2 Å². The highest BCUT2D eigenvalue weighted by atomic mass is 32.2. The summed E-state index contributed by atoms with van der Waals surface area (Å²) in [5.41, 5.74) is 2.75. The van der Waals surface area contributed by atoms with Crippen molar-refractivity contribution in [2.75, 3.05) is 13.6 Å². The second-order valence-corrected chi connectivity index (χ2v) is 9.04. The number of benzene rings is 2. The maximum Gasteiger partial charge on any atom is 0.243 e. The lowest BCUT2D eigenvalue weighted by molar-refractivity contribution is -0.121. The molecule has 0 aromatic heterocycles. The first-order valence-electron chi connectivity index (χ1n) is 9.07. The van der Waals surface area contributed by atoms with Crippen molar-refractivity contribution < 1.29 is 13.2 Å². The molecule has 2 aromatic carbocycles. The van der Waals surface area contributed by atoms with E-state index in [1.807, 2.05) is 38.1 Å². The summed E-state index contributed by atoms with van der Waals surface area (Å²) >= 11 is 0. The highest BCUT2D eigenvalue weighted by molar-refractivity contribution is 7.89. The van der Waals surface area contributed by atoms with Crippen LogP contribution < -0.4 is 5.32 Å². The van der Waals surface area contributed by atoms with E-state index in [1.165, 1.54) is 12.6 Å². The lowest BCUT2D eigenvalue weighted by Gasteiger charge is -2.20. The molecule has 1 amide bonds. The summed E-state index contributed by atoms with van der Waals surface area (Å²) in [5, 5.41) is 2.89. The lowest BCUT2D eigenvalue weighted by atomic mass is 10.1. The Morgan fingerprint density at radius 1 is 1.11 bits per heavy atom. The van der Waals surface area contributed by atoms with Crippen molar-refractivity contribution in [2.24, 2.45) is 0 Å². The molecule has 6 heteroatoms. The normalized spacial score (nSPS) is 12.8. The van der Waals surface area contributed by atoms with Gasteiger partial charge in [-0.2, -0.15) is 4.31 Å². The first kappa shape index (κ1) is 21.1. The van der Waals surface area contributed by atoms with E-state index in [0.29, 0.717) is 5.56 Å². The van der Waals surface area contributed by atoms with E-state index in [0.717, 1.165) is 22.7 Å². The summed E-state index contributed by atoms with van der Waals surface area (Å²) in [5.74, 6) is -0.299. The zero-order valence-corrected chi connectivity index (χ0v) is 17.2. The van der Waals surface area contributed by atoms with E-state index < -0.39 is 10.0 Å². The van der Waals surface area contributed by atoms with Gasteiger partial charge in [-0.25, -0.2) is 8.42 Å². The highest BCUT2D eigenvalue weighted by Crippen LogP contribution is 2.20. The second-order valence-electron chi connectivity index (χ2n) is 7.02. The molecule has 2 aromatic rings. The largest absolute Gasteiger partial charge is 0.352 e. The molecule has 0 aliphatic rings. The van der Waals surface area contributed by atoms with Gasteiger partial charge in [0.1, 0.15) is 0 Å². The van der Waals surface area contributed by atoms with E-state index in [4.69, 9.17) is 0 Å². The molecule has 1 unspecified atom stereocenters. The minimum absolute atomic E-state index is 0.0329. The van der Waals surface area contributed by atoms with Crippen LogP contribution in [0.3, 0.4) is 0 Å². The monoisotopic (exact) mass is 388 g/mol. The van der Waals surface area contributed by atoms with Gasteiger partial charge in [0.2, 0.25) is 15.9 Å². The maximum atomic E-state index is 12.8. The Bertz CT molecular complexity index is 880. The fourth-order valence-corrected chi connectivity index (χ4v) is 4.29. The zero-order valence-electron chi connectivity index (χ0n) is 16.4. The van der Waals surface area contributed by atoms with Crippen LogP contribution in [0.25, 0.3) is 0 Å². The predicted molar refractivity (Wildman–Crippen MR) is 108 cm³/mol. The smallest absolute Gasteiger partial charge is 0.243 e. The molecule has 5 nitrogen and oxygen atoms in total. The van der Waals surface area contributed by atoms with Crippen molar-refractivity contribution >= 4 is 15.9 Å². The first-order chi connectivity index (χ1) is 12.7. The molecule has 2 rings (SSSR count). The number of likely N-dealkylation sites (N-methyl/N-ethyl adjacent to an activating group) is 1. The summed E-state index contributed by atoms with van der Waals surface area (Å²) in [6.07, 6.45) is 1.65. The summed E-state index contributed by atoms with van der Waals surface area (Å²) < 4.78 is 26.7. The van der Waals surface area contributed by atoms with Gasteiger partial charge in [-0.3, -0.25) is 4.79 Å². The first-order valence-corrected chi connectivity index (χ1v) is 10.5. The lowest BCUT2D eigenvalue weighted by Crippen LogP contribution is -2.42. The highest BCUT2D eigenvalue weighted by Gasteiger charge is 2.25. The van der Waals surface area contributed by atoms with Crippen molar-refractivity contribution in [3.8, 4) is 0 Å². The number of amides is 1. The molecule has 0 saturated carbocycles. The van der Waals surface area contributed by atoms with Crippen LogP contribution >= 0.6 is 0 Å². The van der Waals surface area contributed by atoms with Gasteiger partial charge < -0.3 is 5.32 Å². The van der Waals surface area contributed by atoms with Gasteiger partial charge in [-0.05, 0) is 56.4 Å². The number of hydrogen-bond acceptors (Lipinski definition) is 3. The third-order valence-corrected chi connectivity index (χ3v) is 6.46. The molecule has 0 bridgehead atoms. The van der Waals surface area contributed by atoms with Crippen molar-refractivity contribution in [1.29, 1.82) is 0 Å². The number of aryl methyl sites for hydroxylation is 3. The molecule has 27 heavy (non-hydrogen) atoms. The average Bonchev–Trinajstić information content (AvgIpc) is 2.62. The van der Waals surface area contributed by atoms with E-state index in [9.17, 15) is 13.2 Å². The Balaban J connectivity index is 1.93. The average molecular weight is 389 g/mol. The molecule has 0 spiro atoms. The van der Waals surface area contributed by atoms with Gasteiger partial charge in [0.15, 0.2) is 0 Å². The number of carbonyl (C=O) groups is 1. The van der Waals surface area contributed by atoms with E-state index in [2.05, 4.69) is 17.4 Å². The molecule has 0 aliphatic carbocycles. The molecule has 0 fully saturated rings. The van der Waals surface area contributed by atoms with Crippen LogP contribution in [-0.4, -0.2) is 38.3 Å².